The van der Waals surface area contributed by atoms with Gasteiger partial charge in [0.25, 0.3) is 0 Å². The van der Waals surface area contributed by atoms with Crippen molar-refractivity contribution >= 4 is 29.1 Å². The van der Waals surface area contributed by atoms with Crippen LogP contribution in [0.2, 0.25) is 0 Å². The van der Waals surface area contributed by atoms with E-state index in [1.165, 1.54) is 5.56 Å². The summed E-state index contributed by atoms with van der Waals surface area (Å²) in [5, 5.41) is 17.9. The van der Waals surface area contributed by atoms with Gasteiger partial charge in [0.15, 0.2) is 5.82 Å². The fourth-order valence-corrected chi connectivity index (χ4v) is 2.81. The van der Waals surface area contributed by atoms with Crippen LogP contribution in [0.5, 0.6) is 0 Å². The number of thioether (sulfide) groups is 1. The lowest BCUT2D eigenvalue weighted by Gasteiger charge is -1.94. The van der Waals surface area contributed by atoms with Gasteiger partial charge in [0.1, 0.15) is 0 Å². The number of nitrogens with zero attached hydrogens (tertiary/aromatic N) is 2. The maximum Gasteiger partial charge on any atom is 0.313 e. The molecule has 7 heteroatoms. The van der Waals surface area contributed by atoms with Crippen molar-refractivity contribution in [1.82, 2.24) is 15.2 Å². The van der Waals surface area contributed by atoms with Crippen LogP contribution in [0.25, 0.3) is 10.7 Å². The van der Waals surface area contributed by atoms with Crippen LogP contribution in [0.4, 0.5) is 0 Å². The van der Waals surface area contributed by atoms with Gasteiger partial charge < -0.3 is 5.11 Å². The summed E-state index contributed by atoms with van der Waals surface area (Å²) in [4.78, 5) is 15.8. The number of aliphatic carboxylic acids is 1. The highest BCUT2D eigenvalue weighted by molar-refractivity contribution is 7.99. The molecule has 2 rings (SSSR count). The molecular weight excluding hydrogens is 258 g/mol. The van der Waals surface area contributed by atoms with E-state index < -0.39 is 5.97 Å². The minimum absolute atomic E-state index is 0.0254. The number of carbonyl (C=O) groups is 1. The molecule has 0 unspecified atom stereocenters. The van der Waals surface area contributed by atoms with Gasteiger partial charge in [-0.1, -0.05) is 18.7 Å². The van der Waals surface area contributed by atoms with Crippen LogP contribution >= 0.6 is 23.1 Å². The number of aromatic amines is 1. The number of aryl methyl sites for hydroxylation is 1. The van der Waals surface area contributed by atoms with Crippen molar-refractivity contribution in [3.8, 4) is 10.7 Å². The number of thiophene rings is 1. The molecule has 0 aromatic carbocycles. The predicted molar refractivity (Wildman–Crippen MR) is 67.4 cm³/mol. The zero-order valence-electron chi connectivity index (χ0n) is 9.14. The van der Waals surface area contributed by atoms with Crippen LogP contribution in [0, 0.1) is 0 Å². The van der Waals surface area contributed by atoms with Gasteiger partial charge in [0.05, 0.1) is 10.6 Å². The highest BCUT2D eigenvalue weighted by atomic mass is 32.2. The number of hydrogen-bond acceptors (Lipinski definition) is 5. The van der Waals surface area contributed by atoms with E-state index in [-0.39, 0.29) is 5.75 Å². The summed E-state index contributed by atoms with van der Waals surface area (Å²) in [6, 6.07) is 2.06. The Bertz CT molecular complexity index is 521. The molecule has 0 radical (unpaired) electrons. The van der Waals surface area contributed by atoms with E-state index in [9.17, 15) is 4.79 Å². The summed E-state index contributed by atoms with van der Waals surface area (Å²) < 4.78 is 0. The maximum absolute atomic E-state index is 10.4. The van der Waals surface area contributed by atoms with Gasteiger partial charge in [0.2, 0.25) is 5.16 Å². The zero-order valence-corrected chi connectivity index (χ0v) is 10.8. The van der Waals surface area contributed by atoms with Gasteiger partial charge in [0, 0.05) is 0 Å². The largest absolute Gasteiger partial charge is 0.481 e. The minimum Gasteiger partial charge on any atom is -0.481 e. The van der Waals surface area contributed by atoms with Crippen molar-refractivity contribution < 1.29 is 9.90 Å². The first kappa shape index (κ1) is 12.1. The van der Waals surface area contributed by atoms with Crippen molar-refractivity contribution in [2.75, 3.05) is 5.75 Å². The number of carboxylic acids is 1. The Balaban J connectivity index is 2.15. The molecule has 5 nitrogen and oxygen atoms in total. The second kappa shape index (κ2) is 5.33. The van der Waals surface area contributed by atoms with Gasteiger partial charge in [-0.15, -0.1) is 16.4 Å². The molecule has 2 heterocycles. The first-order valence-corrected chi connectivity index (χ1v) is 6.91. The van der Waals surface area contributed by atoms with E-state index in [1.807, 2.05) is 5.38 Å². The third-order valence-corrected chi connectivity index (χ3v) is 3.93. The van der Waals surface area contributed by atoms with Crippen molar-refractivity contribution in [3.63, 3.8) is 0 Å². The van der Waals surface area contributed by atoms with E-state index in [1.54, 1.807) is 11.3 Å². The molecular formula is C10H11N3O2S2. The Morgan fingerprint density at radius 2 is 2.47 bits per heavy atom. The van der Waals surface area contributed by atoms with E-state index in [0.29, 0.717) is 11.0 Å². The molecule has 0 bridgehead atoms. The molecule has 0 aliphatic heterocycles. The van der Waals surface area contributed by atoms with E-state index >= 15 is 0 Å². The Hall–Kier alpha value is -1.34. The normalized spacial score (nSPS) is 10.6. The molecule has 0 spiro atoms. The SMILES string of the molecule is CCc1ccsc1-c1nc(SCC(=O)O)n[nH]1. The van der Waals surface area contributed by atoms with Crippen molar-refractivity contribution in [1.29, 1.82) is 0 Å². The lowest BCUT2D eigenvalue weighted by Crippen LogP contribution is -1.97. The summed E-state index contributed by atoms with van der Waals surface area (Å²) >= 11 is 2.72. The average molecular weight is 269 g/mol. The Labute approximate surface area is 106 Å². The topological polar surface area (TPSA) is 78.9 Å². The quantitative estimate of drug-likeness (QED) is 0.814. The third-order valence-electron chi connectivity index (χ3n) is 2.13. The molecule has 0 fully saturated rings. The first-order valence-electron chi connectivity index (χ1n) is 5.04. The van der Waals surface area contributed by atoms with Gasteiger partial charge in [-0.05, 0) is 23.4 Å². The smallest absolute Gasteiger partial charge is 0.313 e. The first-order chi connectivity index (χ1) is 8.20. The minimum atomic E-state index is -0.869. The summed E-state index contributed by atoms with van der Waals surface area (Å²) in [6.07, 6.45) is 0.942. The Morgan fingerprint density at radius 3 is 3.18 bits per heavy atom. The third kappa shape index (κ3) is 2.86. The van der Waals surface area contributed by atoms with Crippen molar-refractivity contribution in [2.24, 2.45) is 0 Å². The van der Waals surface area contributed by atoms with Gasteiger partial charge >= 0.3 is 5.97 Å². The summed E-state index contributed by atoms with van der Waals surface area (Å²) in [5.41, 5.74) is 1.22. The second-order valence-corrected chi connectivity index (χ2v) is 5.14. The number of H-pyrrole nitrogens is 1. The van der Waals surface area contributed by atoms with Crippen LogP contribution in [0.3, 0.4) is 0 Å². The number of carboxylic acid groups (broad SMARTS) is 1. The molecule has 17 heavy (non-hydrogen) atoms. The molecule has 2 aromatic rings. The van der Waals surface area contributed by atoms with Crippen molar-refractivity contribution in [2.45, 2.75) is 18.5 Å². The van der Waals surface area contributed by atoms with Crippen LogP contribution in [0.1, 0.15) is 12.5 Å². The zero-order chi connectivity index (χ0) is 12.3. The highest BCUT2D eigenvalue weighted by Gasteiger charge is 2.11. The standard InChI is InChI=1S/C10H11N3O2S2/c1-2-6-3-4-16-8(6)9-11-10(13-12-9)17-5-7(14)15/h3-4H,2,5H2,1H3,(H,14,15)(H,11,12,13). The lowest BCUT2D eigenvalue weighted by atomic mass is 10.2. The maximum atomic E-state index is 10.4. The lowest BCUT2D eigenvalue weighted by molar-refractivity contribution is -0.133. The number of hydrogen-bond donors (Lipinski definition) is 2. The fraction of sp³-hybridized carbons (Fsp3) is 0.300. The molecule has 0 saturated heterocycles. The van der Waals surface area contributed by atoms with Crippen LogP contribution in [-0.4, -0.2) is 32.0 Å². The van der Waals surface area contributed by atoms with Gasteiger partial charge in [-0.2, -0.15) is 0 Å². The average Bonchev–Trinajstić information content (AvgIpc) is 2.94. The number of rotatable bonds is 5. The van der Waals surface area contributed by atoms with E-state index in [2.05, 4.69) is 28.2 Å². The fourth-order valence-electron chi connectivity index (χ4n) is 1.36. The summed E-state index contributed by atoms with van der Waals surface area (Å²) in [5.74, 6) is -0.181. The molecule has 0 atom stereocenters. The molecule has 0 aliphatic rings. The van der Waals surface area contributed by atoms with Crippen LogP contribution < -0.4 is 0 Å². The second-order valence-electron chi connectivity index (χ2n) is 3.28. The van der Waals surface area contributed by atoms with E-state index in [0.717, 1.165) is 23.1 Å². The van der Waals surface area contributed by atoms with Crippen LogP contribution in [-0.2, 0) is 11.2 Å². The monoisotopic (exact) mass is 269 g/mol. The van der Waals surface area contributed by atoms with Crippen molar-refractivity contribution in [3.05, 3.63) is 17.0 Å². The van der Waals surface area contributed by atoms with Crippen LogP contribution in [0.15, 0.2) is 16.6 Å². The number of aromatic nitrogens is 3. The number of nitrogens with one attached hydrogen (secondary N) is 1. The molecule has 2 aromatic heterocycles. The Morgan fingerprint density at radius 1 is 1.65 bits per heavy atom. The predicted octanol–water partition coefficient (Wildman–Crippen LogP) is 2.27. The Kier molecular flexibility index (Phi) is 3.80. The van der Waals surface area contributed by atoms with E-state index in [4.69, 9.17) is 5.11 Å². The summed E-state index contributed by atoms with van der Waals surface area (Å²) in [7, 11) is 0. The van der Waals surface area contributed by atoms with Gasteiger partial charge in [-0.3, -0.25) is 9.89 Å². The summed E-state index contributed by atoms with van der Waals surface area (Å²) in [6.45, 7) is 2.09. The molecule has 2 N–H and O–H groups in total. The molecule has 90 valence electrons. The highest BCUT2D eigenvalue weighted by Crippen LogP contribution is 2.28. The van der Waals surface area contributed by atoms with Gasteiger partial charge in [-0.25, -0.2) is 4.98 Å². The molecule has 0 saturated carbocycles. The molecule has 0 aliphatic carbocycles. The molecule has 0 amide bonds.